The Labute approximate surface area is 124 Å². The van der Waals surface area contributed by atoms with Crippen LogP contribution in [0.4, 0.5) is 0 Å². The molecule has 1 N–H and O–H groups in total. The van der Waals surface area contributed by atoms with Gasteiger partial charge in [0.25, 0.3) is 0 Å². The molecule has 0 spiro atoms. The predicted octanol–water partition coefficient (Wildman–Crippen LogP) is 1.81. The molecular weight excluding hydrogens is 294 g/mol. The number of hydrogen-bond acceptors (Lipinski definition) is 4. The fraction of sp³-hybridized carbons (Fsp3) is 0.500. The van der Waals surface area contributed by atoms with Gasteiger partial charge in [0.05, 0.1) is 12.7 Å². The standard InChI is InChI=1S/C14H19NO5S/c1-15(9-10-4-3-5-10)21(18,19)13-8-11(14(16)17)6-7-12(13)20-2/h6-8,10H,3-5,9H2,1-2H3,(H,16,17). The third kappa shape index (κ3) is 3.19. The number of carboxylic acids is 1. The molecule has 0 heterocycles. The molecular formula is C14H19NO5S. The van der Waals surface area contributed by atoms with Gasteiger partial charge in [0, 0.05) is 13.6 Å². The number of nitrogens with zero attached hydrogens (tertiary/aromatic N) is 1. The first-order chi connectivity index (χ1) is 9.86. The van der Waals surface area contributed by atoms with Gasteiger partial charge in [-0.2, -0.15) is 0 Å². The third-order valence-electron chi connectivity index (χ3n) is 3.84. The van der Waals surface area contributed by atoms with Crippen molar-refractivity contribution in [3.63, 3.8) is 0 Å². The lowest BCUT2D eigenvalue weighted by molar-refractivity contribution is 0.0696. The smallest absolute Gasteiger partial charge is 0.335 e. The molecule has 0 atom stereocenters. The van der Waals surface area contributed by atoms with E-state index in [9.17, 15) is 13.2 Å². The molecule has 0 bridgehead atoms. The van der Waals surface area contributed by atoms with E-state index in [4.69, 9.17) is 9.84 Å². The van der Waals surface area contributed by atoms with Crippen molar-refractivity contribution in [2.75, 3.05) is 20.7 Å². The number of hydrogen-bond donors (Lipinski definition) is 1. The van der Waals surface area contributed by atoms with Gasteiger partial charge in [-0.15, -0.1) is 0 Å². The van der Waals surface area contributed by atoms with E-state index in [-0.39, 0.29) is 16.2 Å². The van der Waals surface area contributed by atoms with Gasteiger partial charge in [-0.3, -0.25) is 0 Å². The van der Waals surface area contributed by atoms with Crippen molar-refractivity contribution < 1.29 is 23.1 Å². The second-order valence-electron chi connectivity index (χ2n) is 5.25. The Morgan fingerprint density at radius 1 is 1.43 bits per heavy atom. The molecule has 1 aliphatic rings. The zero-order valence-electron chi connectivity index (χ0n) is 12.1. The van der Waals surface area contributed by atoms with Crippen LogP contribution in [-0.2, 0) is 10.0 Å². The molecule has 0 aliphatic heterocycles. The lowest BCUT2D eigenvalue weighted by atomic mass is 9.86. The number of rotatable bonds is 6. The molecule has 7 heteroatoms. The summed E-state index contributed by atoms with van der Waals surface area (Å²) in [5.74, 6) is -0.630. The minimum Gasteiger partial charge on any atom is -0.495 e. The van der Waals surface area contributed by atoms with Crippen molar-refractivity contribution in [3.05, 3.63) is 23.8 Å². The van der Waals surface area contributed by atoms with E-state index in [2.05, 4.69) is 0 Å². The number of sulfonamides is 1. The van der Waals surface area contributed by atoms with Gasteiger partial charge in [-0.1, -0.05) is 6.42 Å². The second-order valence-corrected chi connectivity index (χ2v) is 7.27. The Bertz CT molecular complexity index is 637. The summed E-state index contributed by atoms with van der Waals surface area (Å²) in [6.07, 6.45) is 3.20. The maximum atomic E-state index is 12.6. The Balaban J connectivity index is 2.36. The monoisotopic (exact) mass is 313 g/mol. The van der Waals surface area contributed by atoms with Gasteiger partial charge in [-0.25, -0.2) is 17.5 Å². The zero-order valence-corrected chi connectivity index (χ0v) is 12.9. The molecule has 1 saturated carbocycles. The maximum absolute atomic E-state index is 12.6. The van der Waals surface area contributed by atoms with Crippen LogP contribution in [0.25, 0.3) is 0 Å². The highest BCUT2D eigenvalue weighted by Crippen LogP contribution is 2.31. The second kappa shape index (κ2) is 6.03. The van der Waals surface area contributed by atoms with Crippen LogP contribution in [0.5, 0.6) is 5.75 Å². The minimum atomic E-state index is -3.76. The molecule has 2 rings (SSSR count). The summed E-state index contributed by atoms with van der Waals surface area (Å²) in [5, 5.41) is 9.02. The summed E-state index contributed by atoms with van der Waals surface area (Å²) >= 11 is 0. The summed E-state index contributed by atoms with van der Waals surface area (Å²) < 4.78 is 31.6. The lowest BCUT2D eigenvalue weighted by Gasteiger charge is -2.29. The van der Waals surface area contributed by atoms with E-state index in [1.807, 2.05) is 0 Å². The SMILES string of the molecule is COc1ccc(C(=O)O)cc1S(=O)(=O)N(C)CC1CCC1. The Kier molecular flexibility index (Phi) is 4.53. The summed E-state index contributed by atoms with van der Waals surface area (Å²) in [6, 6.07) is 3.84. The number of aromatic carboxylic acids is 1. The first-order valence-electron chi connectivity index (χ1n) is 6.74. The van der Waals surface area contributed by atoms with Crippen LogP contribution in [0.1, 0.15) is 29.6 Å². The van der Waals surface area contributed by atoms with Crippen LogP contribution < -0.4 is 4.74 Å². The molecule has 0 radical (unpaired) electrons. The van der Waals surface area contributed by atoms with E-state index in [1.54, 1.807) is 0 Å². The quantitative estimate of drug-likeness (QED) is 0.866. The van der Waals surface area contributed by atoms with Gasteiger partial charge in [-0.05, 0) is 37.0 Å². The van der Waals surface area contributed by atoms with Crippen LogP contribution >= 0.6 is 0 Å². The van der Waals surface area contributed by atoms with Gasteiger partial charge >= 0.3 is 5.97 Å². The van der Waals surface area contributed by atoms with Gasteiger partial charge < -0.3 is 9.84 Å². The Morgan fingerprint density at radius 3 is 2.57 bits per heavy atom. The molecule has 6 nitrogen and oxygen atoms in total. The maximum Gasteiger partial charge on any atom is 0.335 e. The highest BCUT2D eigenvalue weighted by atomic mass is 32.2. The minimum absolute atomic E-state index is 0.0774. The fourth-order valence-electron chi connectivity index (χ4n) is 2.32. The van der Waals surface area contributed by atoms with Gasteiger partial charge in [0.15, 0.2) is 0 Å². The van der Waals surface area contributed by atoms with E-state index >= 15 is 0 Å². The highest BCUT2D eigenvalue weighted by Gasteiger charge is 2.29. The van der Waals surface area contributed by atoms with Crippen LogP contribution in [0.2, 0.25) is 0 Å². The van der Waals surface area contributed by atoms with Crippen LogP contribution in [0, 0.1) is 5.92 Å². The number of benzene rings is 1. The molecule has 116 valence electrons. The van der Waals surface area contributed by atoms with E-state index < -0.39 is 16.0 Å². The molecule has 0 amide bonds. The average Bonchev–Trinajstić information content (AvgIpc) is 2.41. The summed E-state index contributed by atoms with van der Waals surface area (Å²) in [7, 11) is -0.888. The normalized spacial score (nSPS) is 15.8. The molecule has 21 heavy (non-hydrogen) atoms. The van der Waals surface area contributed by atoms with Crippen LogP contribution in [-0.4, -0.2) is 44.5 Å². The molecule has 1 aliphatic carbocycles. The molecule has 0 unspecified atom stereocenters. The van der Waals surface area contributed by atoms with Crippen LogP contribution in [0.3, 0.4) is 0 Å². The molecule has 0 saturated heterocycles. The summed E-state index contributed by atoms with van der Waals surface area (Å²) in [4.78, 5) is 10.9. The Morgan fingerprint density at radius 2 is 2.10 bits per heavy atom. The van der Waals surface area contributed by atoms with Crippen LogP contribution in [0.15, 0.2) is 23.1 Å². The van der Waals surface area contributed by atoms with Gasteiger partial charge in [0.1, 0.15) is 10.6 Å². The van der Waals surface area contributed by atoms with E-state index in [0.29, 0.717) is 12.5 Å². The zero-order chi connectivity index (χ0) is 15.6. The number of carboxylic acid groups (broad SMARTS) is 1. The first kappa shape index (κ1) is 15.8. The number of ether oxygens (including phenoxy) is 1. The summed E-state index contributed by atoms with van der Waals surface area (Å²) in [6.45, 7) is 0.447. The Hall–Kier alpha value is -1.60. The fourth-order valence-corrected chi connectivity index (χ4v) is 3.74. The number of carbonyl (C=O) groups is 1. The first-order valence-corrected chi connectivity index (χ1v) is 8.18. The van der Waals surface area contributed by atoms with Crippen molar-refractivity contribution in [2.24, 2.45) is 5.92 Å². The largest absolute Gasteiger partial charge is 0.495 e. The van der Waals surface area contributed by atoms with E-state index in [0.717, 1.165) is 25.3 Å². The molecule has 0 aromatic heterocycles. The van der Waals surface area contributed by atoms with Crippen molar-refractivity contribution in [3.8, 4) is 5.75 Å². The van der Waals surface area contributed by atoms with Gasteiger partial charge in [0.2, 0.25) is 10.0 Å². The average molecular weight is 313 g/mol. The molecule has 1 aromatic rings. The molecule has 1 aromatic carbocycles. The lowest BCUT2D eigenvalue weighted by Crippen LogP contribution is -2.34. The topological polar surface area (TPSA) is 83.9 Å². The highest BCUT2D eigenvalue weighted by molar-refractivity contribution is 7.89. The summed E-state index contributed by atoms with van der Waals surface area (Å²) in [5.41, 5.74) is -0.0774. The molecule has 1 fully saturated rings. The number of methoxy groups -OCH3 is 1. The third-order valence-corrected chi connectivity index (χ3v) is 5.68. The predicted molar refractivity (Wildman–Crippen MR) is 77.1 cm³/mol. The van der Waals surface area contributed by atoms with Crippen molar-refractivity contribution in [2.45, 2.75) is 24.2 Å². The van der Waals surface area contributed by atoms with Crippen molar-refractivity contribution in [1.82, 2.24) is 4.31 Å². The van der Waals surface area contributed by atoms with E-state index in [1.165, 1.54) is 30.6 Å². The van der Waals surface area contributed by atoms with Crippen molar-refractivity contribution in [1.29, 1.82) is 0 Å². The van der Waals surface area contributed by atoms with Crippen molar-refractivity contribution >= 4 is 16.0 Å².